The number of imide groups is 1. The van der Waals surface area contributed by atoms with Gasteiger partial charge in [-0.3, -0.25) is 9.59 Å². The molecule has 0 N–H and O–H groups in total. The summed E-state index contributed by atoms with van der Waals surface area (Å²) in [5.74, 6) is -0.399. The van der Waals surface area contributed by atoms with Crippen molar-refractivity contribution in [2.45, 2.75) is 35.5 Å². The number of nitrogens with zero attached hydrogens (tertiary/aromatic N) is 3. The molecule has 9 heteroatoms. The summed E-state index contributed by atoms with van der Waals surface area (Å²) < 4.78 is 0. The van der Waals surface area contributed by atoms with Gasteiger partial charge in [-0.2, -0.15) is 5.26 Å². The van der Waals surface area contributed by atoms with Crippen LogP contribution >= 0.6 is 46.6 Å². The number of carbonyl (C=O) groups excluding carboxylic acids is 2. The number of aromatic nitrogens is 1. The van der Waals surface area contributed by atoms with Crippen LogP contribution in [0, 0.1) is 11.3 Å². The maximum absolute atomic E-state index is 13.2. The molecule has 1 aliphatic heterocycles. The number of halogens is 3. The standard InChI is InChI=1S/C25H16Cl3N3O2S/c26-15-5-3-13(4-6-15)19-10-21(14-1-2-14)30-24(20(19)12-29)34-22-11-23(32)31(25(22)33)18-8-16(27)7-17(28)9-18/h3-10,14,22H,1-2,11H2/t22-/m0/s1. The van der Waals surface area contributed by atoms with Crippen LogP contribution in [-0.4, -0.2) is 22.0 Å². The Morgan fingerprint density at radius 3 is 2.26 bits per heavy atom. The first kappa shape index (κ1) is 23.2. The monoisotopic (exact) mass is 527 g/mol. The van der Waals surface area contributed by atoms with E-state index in [1.165, 1.54) is 18.2 Å². The molecule has 34 heavy (non-hydrogen) atoms. The Kier molecular flexibility index (Phi) is 6.30. The minimum Gasteiger partial charge on any atom is -0.274 e. The van der Waals surface area contributed by atoms with Gasteiger partial charge in [0.2, 0.25) is 11.8 Å². The van der Waals surface area contributed by atoms with E-state index in [1.54, 1.807) is 12.1 Å². The molecule has 2 aliphatic rings. The molecule has 1 saturated carbocycles. The molecule has 2 aromatic carbocycles. The fraction of sp³-hybridized carbons (Fsp3) is 0.200. The van der Waals surface area contributed by atoms with Gasteiger partial charge < -0.3 is 0 Å². The van der Waals surface area contributed by atoms with Gasteiger partial charge >= 0.3 is 0 Å². The highest BCUT2D eigenvalue weighted by atomic mass is 35.5. The van der Waals surface area contributed by atoms with E-state index in [0.29, 0.717) is 37.3 Å². The molecule has 5 rings (SSSR count). The van der Waals surface area contributed by atoms with Crippen LogP contribution in [0.15, 0.2) is 53.6 Å². The third kappa shape index (κ3) is 4.54. The Morgan fingerprint density at radius 2 is 1.65 bits per heavy atom. The number of anilines is 1. The van der Waals surface area contributed by atoms with Crippen molar-refractivity contribution in [1.29, 1.82) is 5.26 Å². The molecular formula is C25H16Cl3N3O2S. The molecule has 0 unspecified atom stereocenters. The second kappa shape index (κ2) is 9.24. The van der Waals surface area contributed by atoms with Gasteiger partial charge in [0.15, 0.2) is 0 Å². The Morgan fingerprint density at radius 1 is 0.971 bits per heavy atom. The smallest absolute Gasteiger partial charge is 0.247 e. The van der Waals surface area contributed by atoms with Crippen LogP contribution < -0.4 is 4.90 Å². The van der Waals surface area contributed by atoms with Crippen LogP contribution in [0.5, 0.6) is 0 Å². The lowest BCUT2D eigenvalue weighted by Crippen LogP contribution is -2.31. The number of benzene rings is 2. The summed E-state index contributed by atoms with van der Waals surface area (Å²) in [5.41, 5.74) is 3.19. The van der Waals surface area contributed by atoms with Crippen LogP contribution in [0.2, 0.25) is 15.1 Å². The summed E-state index contributed by atoms with van der Waals surface area (Å²) in [4.78, 5) is 31.9. The zero-order valence-corrected chi connectivity index (χ0v) is 20.7. The van der Waals surface area contributed by atoms with E-state index in [4.69, 9.17) is 39.8 Å². The van der Waals surface area contributed by atoms with E-state index in [1.807, 2.05) is 18.2 Å². The predicted octanol–water partition coefficient (Wildman–Crippen LogP) is 6.88. The lowest BCUT2D eigenvalue weighted by Gasteiger charge is -2.16. The number of amides is 2. The molecular weight excluding hydrogens is 513 g/mol. The number of carbonyl (C=O) groups is 2. The molecule has 1 aliphatic carbocycles. The average molecular weight is 529 g/mol. The summed E-state index contributed by atoms with van der Waals surface area (Å²) in [6.45, 7) is 0. The van der Waals surface area contributed by atoms with Crippen LogP contribution in [0.1, 0.15) is 36.4 Å². The summed E-state index contributed by atoms with van der Waals surface area (Å²) in [6, 6.07) is 16.1. The van der Waals surface area contributed by atoms with E-state index < -0.39 is 5.25 Å². The molecule has 3 aromatic rings. The lowest BCUT2D eigenvalue weighted by atomic mass is 10.0. The Hall–Kier alpha value is -2.56. The van der Waals surface area contributed by atoms with E-state index in [9.17, 15) is 14.9 Å². The first-order chi connectivity index (χ1) is 16.3. The van der Waals surface area contributed by atoms with E-state index in [-0.39, 0.29) is 18.2 Å². The second-order valence-corrected chi connectivity index (χ2v) is 10.7. The van der Waals surface area contributed by atoms with Crippen LogP contribution in [0.3, 0.4) is 0 Å². The van der Waals surface area contributed by atoms with Crippen LogP contribution in [-0.2, 0) is 9.59 Å². The van der Waals surface area contributed by atoms with Crippen molar-refractivity contribution in [3.05, 3.63) is 74.9 Å². The highest BCUT2D eigenvalue weighted by Gasteiger charge is 2.41. The molecule has 5 nitrogen and oxygen atoms in total. The van der Waals surface area contributed by atoms with Gasteiger partial charge in [-0.25, -0.2) is 9.88 Å². The van der Waals surface area contributed by atoms with Gasteiger partial charge in [-0.15, -0.1) is 0 Å². The molecule has 0 radical (unpaired) electrons. The first-order valence-corrected chi connectivity index (χ1v) is 12.6. The Labute approximate surface area is 215 Å². The fourth-order valence-corrected chi connectivity index (χ4v) is 5.72. The van der Waals surface area contributed by atoms with Crippen molar-refractivity contribution in [3.8, 4) is 17.2 Å². The van der Waals surface area contributed by atoms with Gasteiger partial charge in [0.05, 0.1) is 16.5 Å². The van der Waals surface area contributed by atoms with Gasteiger partial charge in [0.1, 0.15) is 11.1 Å². The zero-order chi connectivity index (χ0) is 24.0. The lowest BCUT2D eigenvalue weighted by molar-refractivity contribution is -0.121. The van der Waals surface area contributed by atoms with E-state index in [0.717, 1.165) is 46.3 Å². The Balaban J connectivity index is 1.52. The van der Waals surface area contributed by atoms with E-state index >= 15 is 0 Å². The van der Waals surface area contributed by atoms with Gasteiger partial charge in [0.25, 0.3) is 0 Å². The van der Waals surface area contributed by atoms with Crippen molar-refractivity contribution in [3.63, 3.8) is 0 Å². The number of thioether (sulfide) groups is 1. The Bertz CT molecular complexity index is 1350. The predicted molar refractivity (Wildman–Crippen MR) is 135 cm³/mol. The van der Waals surface area contributed by atoms with Crippen molar-refractivity contribution in [1.82, 2.24) is 4.98 Å². The van der Waals surface area contributed by atoms with Gasteiger partial charge in [-0.1, -0.05) is 58.7 Å². The van der Waals surface area contributed by atoms with Gasteiger partial charge in [0, 0.05) is 38.7 Å². The maximum atomic E-state index is 13.2. The van der Waals surface area contributed by atoms with Crippen molar-refractivity contribution < 1.29 is 9.59 Å². The summed E-state index contributed by atoms with van der Waals surface area (Å²) >= 11 is 19.4. The zero-order valence-electron chi connectivity index (χ0n) is 17.6. The average Bonchev–Trinajstić information content (AvgIpc) is 3.59. The largest absolute Gasteiger partial charge is 0.274 e. The molecule has 2 fully saturated rings. The highest BCUT2D eigenvalue weighted by Crippen LogP contribution is 2.44. The highest BCUT2D eigenvalue weighted by molar-refractivity contribution is 8.00. The number of rotatable bonds is 5. The number of nitriles is 1. The third-order valence-corrected chi connectivity index (χ3v) is 7.59. The van der Waals surface area contributed by atoms with E-state index in [2.05, 4.69) is 6.07 Å². The van der Waals surface area contributed by atoms with Crippen LogP contribution in [0.25, 0.3) is 11.1 Å². The molecule has 0 spiro atoms. The normalized spacial score (nSPS) is 17.8. The minimum atomic E-state index is -0.711. The van der Waals surface area contributed by atoms with Crippen molar-refractivity contribution >= 4 is 64.1 Å². The number of pyridine rings is 1. The summed E-state index contributed by atoms with van der Waals surface area (Å²) in [7, 11) is 0. The molecule has 1 saturated heterocycles. The molecule has 170 valence electrons. The van der Waals surface area contributed by atoms with Crippen LogP contribution in [0.4, 0.5) is 5.69 Å². The molecule has 0 bridgehead atoms. The van der Waals surface area contributed by atoms with Crippen molar-refractivity contribution in [2.75, 3.05) is 4.90 Å². The summed E-state index contributed by atoms with van der Waals surface area (Å²) in [5, 5.41) is 11.0. The summed E-state index contributed by atoms with van der Waals surface area (Å²) in [6.07, 6.45) is 2.06. The molecule has 2 amide bonds. The topological polar surface area (TPSA) is 74.1 Å². The maximum Gasteiger partial charge on any atom is 0.247 e. The van der Waals surface area contributed by atoms with Gasteiger partial charge in [-0.05, 0) is 54.8 Å². The number of hydrogen-bond acceptors (Lipinski definition) is 5. The fourth-order valence-electron chi connectivity index (χ4n) is 3.95. The molecule has 1 atom stereocenters. The van der Waals surface area contributed by atoms with Crippen molar-refractivity contribution in [2.24, 2.45) is 0 Å². The SMILES string of the molecule is N#Cc1c(-c2ccc(Cl)cc2)cc(C2CC2)nc1S[C@H]1CC(=O)N(c2cc(Cl)cc(Cl)c2)C1=O. The quantitative estimate of drug-likeness (QED) is 0.337. The first-order valence-electron chi connectivity index (χ1n) is 10.5. The number of hydrogen-bond donors (Lipinski definition) is 0. The second-order valence-electron chi connectivity index (χ2n) is 8.17. The molecule has 1 aromatic heterocycles. The molecule has 2 heterocycles. The minimum absolute atomic E-state index is 0.00981. The third-order valence-electron chi connectivity index (χ3n) is 5.73.